The van der Waals surface area contributed by atoms with Crippen molar-refractivity contribution in [1.82, 2.24) is 5.32 Å². The average molecular weight is 452 g/mol. The third kappa shape index (κ3) is 4.99. The van der Waals surface area contributed by atoms with Crippen LogP contribution in [0.3, 0.4) is 0 Å². The molecule has 0 saturated carbocycles. The van der Waals surface area contributed by atoms with Gasteiger partial charge in [-0.3, -0.25) is 9.10 Å². The zero-order chi connectivity index (χ0) is 21.9. The highest BCUT2D eigenvalue weighted by molar-refractivity contribution is 7.92. The van der Waals surface area contributed by atoms with Crippen molar-refractivity contribution < 1.29 is 17.9 Å². The number of sulfonamides is 1. The van der Waals surface area contributed by atoms with Crippen LogP contribution in [-0.4, -0.2) is 46.3 Å². The molecule has 0 fully saturated rings. The Morgan fingerprint density at radius 1 is 1.20 bits per heavy atom. The molecule has 3 rings (SSSR count). The lowest BCUT2D eigenvalue weighted by atomic mass is 10.1. The Kier molecular flexibility index (Phi) is 6.77. The molecule has 1 N–H and O–H groups in total. The fraction of sp³-hybridized carbons (Fsp3) is 0.381. The van der Waals surface area contributed by atoms with Crippen LogP contribution in [0.2, 0.25) is 5.02 Å². The normalized spacial score (nSPS) is 15.9. The van der Waals surface area contributed by atoms with Gasteiger partial charge in [0.1, 0.15) is 5.75 Å². The highest BCUT2D eigenvalue weighted by Gasteiger charge is 2.35. The molecule has 0 saturated heterocycles. The van der Waals surface area contributed by atoms with Gasteiger partial charge in [-0.25, -0.2) is 8.42 Å². The summed E-state index contributed by atoms with van der Waals surface area (Å²) in [5, 5.41) is 3.23. The number of nitrogens with one attached hydrogen (secondary N) is 1. The maximum absolute atomic E-state index is 12.7. The topological polar surface area (TPSA) is 79.0 Å². The molecule has 1 amide bonds. The summed E-state index contributed by atoms with van der Waals surface area (Å²) >= 11 is 6.00. The van der Waals surface area contributed by atoms with Crippen LogP contribution in [0, 0.1) is 0 Å². The number of carbonyl (C=O) groups excluding carboxylic acids is 1. The average Bonchev–Trinajstić information content (AvgIpc) is 2.72. The number of carbonyl (C=O) groups is 1. The Bertz CT molecular complexity index is 1010. The minimum atomic E-state index is -3.60. The van der Waals surface area contributed by atoms with E-state index in [9.17, 15) is 13.2 Å². The molecule has 0 spiro atoms. The van der Waals surface area contributed by atoms with Gasteiger partial charge in [0, 0.05) is 30.3 Å². The van der Waals surface area contributed by atoms with Gasteiger partial charge in [0.15, 0.2) is 6.10 Å². The molecule has 7 nitrogen and oxygen atoms in total. The molecule has 1 aliphatic rings. The fourth-order valence-corrected chi connectivity index (χ4v) is 4.46. The monoisotopic (exact) mass is 451 g/mol. The van der Waals surface area contributed by atoms with Crippen LogP contribution >= 0.6 is 11.6 Å². The van der Waals surface area contributed by atoms with E-state index in [1.54, 1.807) is 12.1 Å². The van der Waals surface area contributed by atoms with Crippen molar-refractivity contribution in [2.75, 3.05) is 35.1 Å². The lowest BCUT2D eigenvalue weighted by Gasteiger charge is -2.34. The van der Waals surface area contributed by atoms with Crippen LogP contribution in [0.5, 0.6) is 5.75 Å². The Hall–Kier alpha value is -2.45. The van der Waals surface area contributed by atoms with E-state index in [0.717, 1.165) is 34.9 Å². The number of halogens is 1. The fourth-order valence-electron chi connectivity index (χ4n) is 3.39. The second-order valence-corrected chi connectivity index (χ2v) is 9.41. The zero-order valence-corrected chi connectivity index (χ0v) is 18.8. The van der Waals surface area contributed by atoms with Crippen molar-refractivity contribution in [2.45, 2.75) is 26.5 Å². The van der Waals surface area contributed by atoms with Crippen molar-refractivity contribution >= 4 is 38.9 Å². The number of hydrogen-bond acceptors (Lipinski definition) is 5. The summed E-state index contributed by atoms with van der Waals surface area (Å²) in [6.07, 6.45) is 0.137. The number of hydrogen-bond donors (Lipinski definition) is 1. The van der Waals surface area contributed by atoms with Crippen molar-refractivity contribution in [1.29, 1.82) is 0 Å². The molecule has 2 aromatic rings. The summed E-state index contributed by atoms with van der Waals surface area (Å²) in [5.41, 5.74) is 2.41. The van der Waals surface area contributed by atoms with Crippen molar-refractivity contribution in [2.24, 2.45) is 0 Å². The smallest absolute Gasteiger partial charge is 0.263 e. The number of fused-ring (bicyclic) bond motifs is 1. The molecule has 2 aromatic carbocycles. The predicted octanol–water partition coefficient (Wildman–Crippen LogP) is 3.03. The van der Waals surface area contributed by atoms with Crippen LogP contribution in [0.25, 0.3) is 0 Å². The number of amides is 1. The first-order valence-electron chi connectivity index (χ1n) is 9.78. The van der Waals surface area contributed by atoms with Gasteiger partial charge in [-0.05, 0) is 49.7 Å². The highest BCUT2D eigenvalue weighted by atomic mass is 35.5. The first-order chi connectivity index (χ1) is 14.2. The molecule has 0 aromatic heterocycles. The molecular weight excluding hydrogens is 426 g/mol. The number of nitrogens with zero attached hydrogens (tertiary/aromatic N) is 2. The minimum Gasteiger partial charge on any atom is -0.476 e. The Balaban J connectivity index is 1.69. The first-order valence-corrected chi connectivity index (χ1v) is 12.0. The van der Waals surface area contributed by atoms with Crippen molar-refractivity contribution in [3.8, 4) is 5.75 Å². The lowest BCUT2D eigenvalue weighted by Crippen LogP contribution is -2.50. The minimum absolute atomic E-state index is 0.112. The quantitative estimate of drug-likeness (QED) is 0.700. The van der Waals surface area contributed by atoms with E-state index in [1.807, 2.05) is 24.3 Å². The molecule has 30 heavy (non-hydrogen) atoms. The Morgan fingerprint density at radius 2 is 1.87 bits per heavy atom. The third-order valence-corrected chi connectivity index (χ3v) is 6.40. The van der Waals surface area contributed by atoms with E-state index in [1.165, 1.54) is 6.07 Å². The van der Waals surface area contributed by atoms with Crippen LogP contribution < -0.4 is 19.3 Å². The largest absolute Gasteiger partial charge is 0.476 e. The van der Waals surface area contributed by atoms with E-state index in [-0.39, 0.29) is 12.5 Å². The highest BCUT2D eigenvalue weighted by Crippen LogP contribution is 2.37. The van der Waals surface area contributed by atoms with Gasteiger partial charge in [-0.15, -0.1) is 0 Å². The van der Waals surface area contributed by atoms with Gasteiger partial charge in [0.2, 0.25) is 10.0 Å². The van der Waals surface area contributed by atoms with E-state index in [2.05, 4.69) is 24.1 Å². The van der Waals surface area contributed by atoms with Crippen LogP contribution in [-0.2, 0) is 21.4 Å². The molecule has 1 aliphatic heterocycles. The summed E-state index contributed by atoms with van der Waals surface area (Å²) in [7, 11) is -3.60. The van der Waals surface area contributed by atoms with Gasteiger partial charge in [0.05, 0.1) is 18.5 Å². The van der Waals surface area contributed by atoms with Crippen molar-refractivity contribution in [3.05, 3.63) is 53.1 Å². The lowest BCUT2D eigenvalue weighted by molar-refractivity contribution is -0.127. The molecule has 0 aliphatic carbocycles. The third-order valence-electron chi connectivity index (χ3n) is 5.01. The van der Waals surface area contributed by atoms with Crippen LogP contribution in [0.15, 0.2) is 42.5 Å². The Morgan fingerprint density at radius 3 is 2.47 bits per heavy atom. The van der Waals surface area contributed by atoms with Crippen LogP contribution in [0.1, 0.15) is 19.4 Å². The van der Waals surface area contributed by atoms with E-state index in [0.29, 0.717) is 23.0 Å². The molecule has 9 heteroatoms. The number of anilines is 2. The maximum Gasteiger partial charge on any atom is 0.263 e. The van der Waals surface area contributed by atoms with Gasteiger partial charge in [0.25, 0.3) is 5.91 Å². The van der Waals surface area contributed by atoms with Crippen molar-refractivity contribution in [3.63, 3.8) is 0 Å². The van der Waals surface area contributed by atoms with Crippen LogP contribution in [0.4, 0.5) is 11.4 Å². The maximum atomic E-state index is 12.7. The second kappa shape index (κ2) is 9.14. The van der Waals surface area contributed by atoms with E-state index >= 15 is 0 Å². The molecule has 0 bridgehead atoms. The second-order valence-electron chi connectivity index (χ2n) is 7.07. The number of benzene rings is 2. The summed E-state index contributed by atoms with van der Waals surface area (Å²) in [5.74, 6) is -0.0723. The number of rotatable bonds is 7. The molecule has 1 atom stereocenters. The predicted molar refractivity (Wildman–Crippen MR) is 120 cm³/mol. The standard InChI is InChI=1S/C21H26ClN3O4S/c1-4-24(5-2)17-9-6-15(7-10-17)13-23-21(26)20-14-25(30(3,27)28)18-12-16(22)8-11-19(18)29-20/h6-12,20H,4-5,13-14H2,1-3H3,(H,23,26)/t20-/m0/s1. The molecule has 0 radical (unpaired) electrons. The molecule has 162 valence electrons. The van der Waals surface area contributed by atoms with E-state index < -0.39 is 16.1 Å². The zero-order valence-electron chi connectivity index (χ0n) is 17.3. The summed E-state index contributed by atoms with van der Waals surface area (Å²) in [6.45, 7) is 6.27. The van der Waals surface area contributed by atoms with Gasteiger partial charge < -0.3 is 15.0 Å². The first kappa shape index (κ1) is 22.2. The van der Waals surface area contributed by atoms with Gasteiger partial charge in [-0.2, -0.15) is 0 Å². The molecule has 1 heterocycles. The van der Waals surface area contributed by atoms with Gasteiger partial charge >= 0.3 is 0 Å². The van der Waals surface area contributed by atoms with E-state index in [4.69, 9.17) is 16.3 Å². The summed E-state index contributed by atoms with van der Waals surface area (Å²) in [4.78, 5) is 14.9. The summed E-state index contributed by atoms with van der Waals surface area (Å²) in [6, 6.07) is 12.7. The molecule has 0 unspecified atom stereocenters. The molecular formula is C21H26ClN3O4S. The SMILES string of the molecule is CCN(CC)c1ccc(CNC(=O)[C@@H]2CN(S(C)(=O)=O)c3cc(Cl)ccc3O2)cc1. The van der Waals surface area contributed by atoms with Gasteiger partial charge in [-0.1, -0.05) is 23.7 Å². The summed E-state index contributed by atoms with van der Waals surface area (Å²) < 4.78 is 31.4. The number of ether oxygens (including phenoxy) is 1. The Labute approximate surface area is 182 Å².